The maximum Gasteiger partial charge on any atom is 0.236 e. The smallest absolute Gasteiger partial charge is 0.236 e. The van der Waals surface area contributed by atoms with E-state index in [0.717, 1.165) is 11.3 Å². The Morgan fingerprint density at radius 1 is 1.35 bits per heavy atom. The number of carbonyl (C=O) groups excluding carboxylic acids is 1. The lowest BCUT2D eigenvalue weighted by atomic mass is 10.1. The van der Waals surface area contributed by atoms with Crippen LogP contribution in [0.5, 0.6) is 5.75 Å². The van der Waals surface area contributed by atoms with Gasteiger partial charge in [0.1, 0.15) is 5.75 Å². The maximum atomic E-state index is 11.8. The highest BCUT2D eigenvalue weighted by Gasteiger charge is 2.24. The Balaban J connectivity index is 2.70. The fourth-order valence-electron chi connectivity index (χ4n) is 1.34. The zero-order valence-electron chi connectivity index (χ0n) is 10.6. The summed E-state index contributed by atoms with van der Waals surface area (Å²) in [4.78, 5) is 11.8. The normalized spacial score (nSPS) is 13.0. The van der Waals surface area contributed by atoms with Gasteiger partial charge in [-0.15, -0.1) is 0 Å². The van der Waals surface area contributed by atoms with Crippen molar-refractivity contribution in [2.45, 2.75) is 31.1 Å². The monoisotopic (exact) mass is 299 g/mol. The molecule has 1 aromatic rings. The number of carbonyl (C=O) groups is 1. The van der Waals surface area contributed by atoms with Crippen molar-refractivity contribution in [3.8, 4) is 5.75 Å². The predicted octanol–water partition coefficient (Wildman–Crippen LogP) is 3.05. The maximum absolute atomic E-state index is 11.8. The van der Waals surface area contributed by atoms with Gasteiger partial charge >= 0.3 is 0 Å². The quantitative estimate of drug-likeness (QED) is 0.868. The van der Waals surface area contributed by atoms with E-state index in [9.17, 15) is 4.79 Å². The number of hydrogen-bond donors (Lipinski definition) is 1. The summed E-state index contributed by atoms with van der Waals surface area (Å²) in [5, 5.41) is 2.95. The van der Waals surface area contributed by atoms with Crippen molar-refractivity contribution in [3.05, 3.63) is 29.8 Å². The first-order valence-electron chi connectivity index (χ1n) is 5.48. The molecule has 1 atom stereocenters. The first-order valence-corrected chi connectivity index (χ1v) is 6.27. The zero-order valence-corrected chi connectivity index (χ0v) is 12.2. The highest BCUT2D eigenvalue weighted by atomic mass is 79.9. The molecule has 1 unspecified atom stereocenters. The standard InChI is InChI=1S/C13H18BrNO2/c1-9(15-12(16)13(2,3)14)10-5-7-11(17-4)8-6-10/h5-9H,1-4H3,(H,15,16). The molecule has 1 aromatic carbocycles. The van der Waals surface area contributed by atoms with E-state index in [1.807, 2.05) is 45.0 Å². The van der Waals surface area contributed by atoms with Crippen LogP contribution in [0.25, 0.3) is 0 Å². The third-order valence-electron chi connectivity index (χ3n) is 2.50. The van der Waals surface area contributed by atoms with Gasteiger partial charge in [0.05, 0.1) is 17.5 Å². The molecule has 0 saturated heterocycles. The highest BCUT2D eigenvalue weighted by Crippen LogP contribution is 2.20. The van der Waals surface area contributed by atoms with E-state index in [1.165, 1.54) is 0 Å². The highest BCUT2D eigenvalue weighted by molar-refractivity contribution is 9.10. The number of amides is 1. The topological polar surface area (TPSA) is 38.3 Å². The Kier molecular flexibility index (Phi) is 4.57. The summed E-state index contributed by atoms with van der Waals surface area (Å²) in [6.07, 6.45) is 0. The molecule has 0 spiro atoms. The van der Waals surface area contributed by atoms with Crippen molar-refractivity contribution in [1.29, 1.82) is 0 Å². The minimum absolute atomic E-state index is 0.0229. The Hall–Kier alpha value is -1.03. The van der Waals surface area contributed by atoms with Crippen LogP contribution < -0.4 is 10.1 Å². The average molecular weight is 300 g/mol. The fraction of sp³-hybridized carbons (Fsp3) is 0.462. The Labute approximate surface area is 111 Å². The zero-order chi connectivity index (χ0) is 13.1. The van der Waals surface area contributed by atoms with Gasteiger partial charge in [-0.1, -0.05) is 28.1 Å². The van der Waals surface area contributed by atoms with Gasteiger partial charge in [-0.2, -0.15) is 0 Å². The van der Waals surface area contributed by atoms with Gasteiger partial charge in [-0.05, 0) is 38.5 Å². The van der Waals surface area contributed by atoms with Crippen LogP contribution in [0.4, 0.5) is 0 Å². The molecule has 0 bridgehead atoms. The molecule has 3 nitrogen and oxygen atoms in total. The van der Waals surface area contributed by atoms with Crippen LogP contribution >= 0.6 is 15.9 Å². The van der Waals surface area contributed by atoms with Crippen LogP contribution in [0.15, 0.2) is 24.3 Å². The number of benzene rings is 1. The fourth-order valence-corrected chi connectivity index (χ4v) is 1.46. The van der Waals surface area contributed by atoms with Crippen molar-refractivity contribution in [2.75, 3.05) is 7.11 Å². The number of hydrogen-bond acceptors (Lipinski definition) is 2. The lowest BCUT2D eigenvalue weighted by molar-refractivity contribution is -0.123. The summed E-state index contributed by atoms with van der Waals surface area (Å²) in [7, 11) is 1.63. The summed E-state index contributed by atoms with van der Waals surface area (Å²) in [6.45, 7) is 5.60. The second kappa shape index (κ2) is 5.54. The minimum Gasteiger partial charge on any atom is -0.497 e. The number of alkyl halides is 1. The number of rotatable bonds is 4. The van der Waals surface area contributed by atoms with E-state index in [4.69, 9.17) is 4.74 Å². The van der Waals surface area contributed by atoms with E-state index < -0.39 is 4.32 Å². The van der Waals surface area contributed by atoms with Crippen molar-refractivity contribution >= 4 is 21.8 Å². The van der Waals surface area contributed by atoms with Crippen molar-refractivity contribution in [3.63, 3.8) is 0 Å². The van der Waals surface area contributed by atoms with E-state index in [2.05, 4.69) is 21.2 Å². The molecular formula is C13H18BrNO2. The van der Waals surface area contributed by atoms with Crippen LogP contribution in [-0.4, -0.2) is 17.3 Å². The lowest BCUT2D eigenvalue weighted by Crippen LogP contribution is -2.38. The van der Waals surface area contributed by atoms with E-state index in [-0.39, 0.29) is 11.9 Å². The van der Waals surface area contributed by atoms with Gasteiger partial charge in [-0.3, -0.25) is 4.79 Å². The van der Waals surface area contributed by atoms with Crippen LogP contribution in [0.2, 0.25) is 0 Å². The van der Waals surface area contributed by atoms with Crippen molar-refractivity contribution in [1.82, 2.24) is 5.32 Å². The molecule has 94 valence electrons. The summed E-state index contributed by atoms with van der Waals surface area (Å²) < 4.78 is 4.54. The van der Waals surface area contributed by atoms with Crippen molar-refractivity contribution < 1.29 is 9.53 Å². The van der Waals surface area contributed by atoms with Gasteiger partial charge in [0, 0.05) is 0 Å². The minimum atomic E-state index is -0.548. The molecule has 0 heterocycles. The van der Waals surface area contributed by atoms with Crippen LogP contribution in [-0.2, 0) is 4.79 Å². The average Bonchev–Trinajstić information content (AvgIpc) is 2.27. The second-order valence-electron chi connectivity index (χ2n) is 4.44. The van der Waals surface area contributed by atoms with Crippen LogP contribution in [0, 0.1) is 0 Å². The molecule has 0 saturated carbocycles. The van der Waals surface area contributed by atoms with E-state index in [1.54, 1.807) is 7.11 Å². The number of ether oxygens (including phenoxy) is 1. The molecule has 4 heteroatoms. The van der Waals surface area contributed by atoms with Crippen LogP contribution in [0.1, 0.15) is 32.4 Å². The van der Waals surface area contributed by atoms with Gasteiger partial charge in [0.25, 0.3) is 0 Å². The van der Waals surface area contributed by atoms with Crippen LogP contribution in [0.3, 0.4) is 0 Å². The molecule has 0 aliphatic carbocycles. The Morgan fingerprint density at radius 3 is 2.29 bits per heavy atom. The summed E-state index contributed by atoms with van der Waals surface area (Å²) in [6, 6.07) is 7.65. The lowest BCUT2D eigenvalue weighted by Gasteiger charge is -2.20. The second-order valence-corrected chi connectivity index (χ2v) is 6.42. The van der Waals surface area contributed by atoms with E-state index >= 15 is 0 Å². The molecule has 1 N–H and O–H groups in total. The Morgan fingerprint density at radius 2 is 1.88 bits per heavy atom. The number of methoxy groups -OCH3 is 1. The van der Waals surface area contributed by atoms with Gasteiger partial charge in [-0.25, -0.2) is 0 Å². The Bertz CT molecular complexity index is 381. The number of halogens is 1. The first-order chi connectivity index (χ1) is 7.84. The van der Waals surface area contributed by atoms with Gasteiger partial charge in [0.2, 0.25) is 5.91 Å². The summed E-state index contributed by atoms with van der Waals surface area (Å²) in [5.41, 5.74) is 1.05. The van der Waals surface area contributed by atoms with Gasteiger partial charge in [0.15, 0.2) is 0 Å². The third-order valence-corrected chi connectivity index (χ3v) is 2.86. The third kappa shape index (κ3) is 4.04. The molecule has 1 rings (SSSR count). The molecular weight excluding hydrogens is 282 g/mol. The van der Waals surface area contributed by atoms with Gasteiger partial charge < -0.3 is 10.1 Å². The summed E-state index contributed by atoms with van der Waals surface area (Å²) in [5.74, 6) is 0.786. The molecule has 0 aromatic heterocycles. The predicted molar refractivity (Wildman–Crippen MR) is 72.6 cm³/mol. The molecule has 0 fully saturated rings. The molecule has 17 heavy (non-hydrogen) atoms. The number of nitrogens with one attached hydrogen (secondary N) is 1. The van der Waals surface area contributed by atoms with Crippen molar-refractivity contribution in [2.24, 2.45) is 0 Å². The SMILES string of the molecule is COc1ccc(C(C)NC(=O)C(C)(C)Br)cc1. The molecule has 0 aliphatic heterocycles. The largest absolute Gasteiger partial charge is 0.497 e. The molecule has 1 amide bonds. The molecule has 0 radical (unpaired) electrons. The molecule has 0 aliphatic rings. The van der Waals surface area contributed by atoms with E-state index in [0.29, 0.717) is 0 Å². The summed E-state index contributed by atoms with van der Waals surface area (Å²) >= 11 is 3.34. The first kappa shape index (κ1) is 14.0.